The Bertz CT molecular complexity index is 1650. The van der Waals surface area contributed by atoms with Crippen LogP contribution in [0.5, 0.6) is 0 Å². The van der Waals surface area contributed by atoms with E-state index in [0.29, 0.717) is 6.54 Å². The first kappa shape index (κ1) is 52.9. The number of carbonyl (C=O) groups excluding carboxylic acids is 5. The Morgan fingerprint density at radius 1 is 0.556 bits per heavy atom. The molecule has 4 N–H and O–H groups in total. The van der Waals surface area contributed by atoms with Crippen LogP contribution in [0.2, 0.25) is 0 Å². The lowest BCUT2D eigenvalue weighted by molar-refractivity contribution is -0.156. The molecule has 0 aliphatic heterocycles. The molecule has 0 aromatic heterocycles. The molecule has 2 atom stereocenters. The zero-order valence-electron chi connectivity index (χ0n) is 39.7. The van der Waals surface area contributed by atoms with Gasteiger partial charge in [-0.2, -0.15) is 0 Å². The highest BCUT2D eigenvalue weighted by Crippen LogP contribution is 2.44. The molecule has 12 nitrogen and oxygen atoms in total. The van der Waals surface area contributed by atoms with Crippen LogP contribution in [0.3, 0.4) is 0 Å². The summed E-state index contributed by atoms with van der Waals surface area (Å²) < 4.78 is 16.7. The molecule has 0 spiro atoms. The maximum absolute atomic E-state index is 14.0. The second-order valence-corrected chi connectivity index (χ2v) is 19.0. The summed E-state index contributed by atoms with van der Waals surface area (Å²) in [7, 11) is 0. The molecule has 0 saturated heterocycles. The molecule has 63 heavy (non-hydrogen) atoms. The molecule has 2 unspecified atom stereocenters. The third kappa shape index (κ3) is 21.7. The first-order valence-corrected chi connectivity index (χ1v) is 23.9. The van der Waals surface area contributed by atoms with Gasteiger partial charge >= 0.3 is 18.0 Å². The van der Waals surface area contributed by atoms with Gasteiger partial charge < -0.3 is 35.5 Å². The van der Waals surface area contributed by atoms with Gasteiger partial charge in [-0.05, 0) is 109 Å². The predicted molar refractivity (Wildman–Crippen MR) is 250 cm³/mol. The summed E-state index contributed by atoms with van der Waals surface area (Å²) in [5.74, 6) is -2.39. The van der Waals surface area contributed by atoms with Gasteiger partial charge in [-0.25, -0.2) is 4.79 Å². The number of unbranched alkanes of at least 4 members (excludes halogenated alkanes) is 12. The van der Waals surface area contributed by atoms with Crippen LogP contribution in [-0.2, 0) is 33.4 Å². The van der Waals surface area contributed by atoms with Gasteiger partial charge in [0.1, 0.15) is 29.9 Å². The average molecular weight is 877 g/mol. The van der Waals surface area contributed by atoms with Crippen LogP contribution in [0, 0.1) is 0 Å². The first-order valence-electron chi connectivity index (χ1n) is 23.9. The van der Waals surface area contributed by atoms with Crippen molar-refractivity contribution in [3.05, 3.63) is 59.7 Å². The summed E-state index contributed by atoms with van der Waals surface area (Å²) in [4.78, 5) is 66.4. The first-order chi connectivity index (χ1) is 30.1. The predicted octanol–water partition coefficient (Wildman–Crippen LogP) is 9.81. The number of alkyl carbamates (subject to hydrolysis) is 1. The highest BCUT2D eigenvalue weighted by molar-refractivity contribution is 5.92. The van der Waals surface area contributed by atoms with E-state index in [-0.39, 0.29) is 38.2 Å². The topological polar surface area (TPSA) is 161 Å². The summed E-state index contributed by atoms with van der Waals surface area (Å²) in [6, 6.07) is 13.6. The van der Waals surface area contributed by atoms with Gasteiger partial charge in [0.25, 0.3) is 0 Å². The van der Waals surface area contributed by atoms with E-state index in [1.807, 2.05) is 48.5 Å². The summed E-state index contributed by atoms with van der Waals surface area (Å²) in [6.45, 7) is 15.2. The molecule has 2 aromatic rings. The molecule has 0 fully saturated rings. The van der Waals surface area contributed by atoms with Crippen molar-refractivity contribution in [1.29, 1.82) is 0 Å². The van der Waals surface area contributed by atoms with Crippen molar-refractivity contribution in [1.82, 2.24) is 21.3 Å². The van der Waals surface area contributed by atoms with Gasteiger partial charge in [-0.3, -0.25) is 19.2 Å². The van der Waals surface area contributed by atoms with E-state index in [4.69, 9.17) is 14.2 Å². The van der Waals surface area contributed by atoms with Crippen molar-refractivity contribution in [3.8, 4) is 11.1 Å². The fraction of sp³-hybridized carbons (Fsp3) is 0.667. The fourth-order valence-electron chi connectivity index (χ4n) is 7.83. The molecule has 0 heterocycles. The number of hydrogen-bond acceptors (Lipinski definition) is 9. The number of fused-ring (bicyclic) bond motifs is 3. The Kier molecular flexibility index (Phi) is 23.8. The second-order valence-electron chi connectivity index (χ2n) is 19.0. The number of rotatable bonds is 30. The van der Waals surface area contributed by atoms with Crippen LogP contribution in [0.15, 0.2) is 48.5 Å². The van der Waals surface area contributed by atoms with Crippen LogP contribution in [0.4, 0.5) is 4.79 Å². The minimum atomic E-state index is -1.25. The minimum absolute atomic E-state index is 0.0249. The Labute approximate surface area is 378 Å². The molecule has 2 aromatic carbocycles. The maximum Gasteiger partial charge on any atom is 0.407 e. The van der Waals surface area contributed by atoms with Gasteiger partial charge in [0, 0.05) is 25.3 Å². The molecule has 3 rings (SSSR count). The molecule has 1 aliphatic rings. The van der Waals surface area contributed by atoms with Crippen molar-refractivity contribution in [3.63, 3.8) is 0 Å². The maximum atomic E-state index is 14.0. The number of nitrogens with one attached hydrogen (secondary N) is 4. The Morgan fingerprint density at radius 2 is 0.984 bits per heavy atom. The van der Waals surface area contributed by atoms with E-state index < -0.39 is 53.1 Å². The number of carbonyl (C=O) groups is 5. The number of hydrogen-bond donors (Lipinski definition) is 4. The summed E-state index contributed by atoms with van der Waals surface area (Å²) in [5.41, 5.74) is 2.76. The van der Waals surface area contributed by atoms with E-state index in [1.165, 1.54) is 64.2 Å². The Morgan fingerprint density at radius 3 is 1.46 bits per heavy atom. The lowest BCUT2D eigenvalue weighted by Gasteiger charge is -2.25. The molecule has 0 radical (unpaired) electrons. The van der Waals surface area contributed by atoms with Crippen LogP contribution >= 0.6 is 0 Å². The third-order valence-electron chi connectivity index (χ3n) is 11.0. The number of esters is 2. The summed E-state index contributed by atoms with van der Waals surface area (Å²) in [5, 5.41) is 11.9. The third-order valence-corrected chi connectivity index (χ3v) is 11.0. The summed E-state index contributed by atoms with van der Waals surface area (Å²) in [6.07, 6.45) is 15.8. The zero-order chi connectivity index (χ0) is 46.1. The lowest BCUT2D eigenvalue weighted by Crippen LogP contribution is -2.54. The van der Waals surface area contributed by atoms with Gasteiger partial charge in [0.05, 0.1) is 0 Å². The molecule has 1 aliphatic carbocycles. The van der Waals surface area contributed by atoms with E-state index in [2.05, 4.69) is 28.2 Å². The van der Waals surface area contributed by atoms with Crippen molar-refractivity contribution in [2.75, 3.05) is 26.2 Å². The van der Waals surface area contributed by atoms with E-state index in [1.54, 1.807) is 41.5 Å². The molecule has 352 valence electrons. The summed E-state index contributed by atoms with van der Waals surface area (Å²) >= 11 is 0. The fourth-order valence-corrected chi connectivity index (χ4v) is 7.83. The van der Waals surface area contributed by atoms with E-state index in [9.17, 15) is 24.0 Å². The molecule has 0 saturated carbocycles. The van der Waals surface area contributed by atoms with Crippen LogP contribution in [0.1, 0.15) is 181 Å². The number of amides is 3. The minimum Gasteiger partial charge on any atom is -0.460 e. The Hall–Kier alpha value is -4.45. The van der Waals surface area contributed by atoms with Crippen molar-refractivity contribution >= 4 is 29.8 Å². The quantitative estimate of drug-likeness (QED) is 0.0340. The largest absolute Gasteiger partial charge is 0.460 e. The standard InChI is InChI=1S/C51H80N4O8/c1-8-9-10-11-12-13-14-15-16-23-34-52-35-24-17-18-25-36-53-47(58)43(30-32-45(56)62-50(2,3)4)54-48(59)44(31-33-46(57)63-51(5,6)7)55-49(60)61-37-42-40-28-21-19-26-38(40)39-27-20-22-29-41(39)42/h19-22,26-29,42-44,52H,8-18,23-25,30-37H2,1-7H3,(H,53,58)(H,54,59)(H,55,60). The van der Waals surface area contributed by atoms with Gasteiger partial charge in [0.2, 0.25) is 11.8 Å². The number of ether oxygens (including phenoxy) is 3. The monoisotopic (exact) mass is 877 g/mol. The second kappa shape index (κ2) is 28.4. The average Bonchev–Trinajstić information content (AvgIpc) is 3.54. The Balaban J connectivity index is 1.53. The molecule has 0 bridgehead atoms. The smallest absolute Gasteiger partial charge is 0.407 e. The lowest BCUT2D eigenvalue weighted by atomic mass is 9.98. The molecular formula is C51H80N4O8. The van der Waals surface area contributed by atoms with Gasteiger partial charge in [-0.15, -0.1) is 0 Å². The van der Waals surface area contributed by atoms with Crippen LogP contribution < -0.4 is 21.3 Å². The molecular weight excluding hydrogens is 797 g/mol. The van der Waals surface area contributed by atoms with E-state index >= 15 is 0 Å². The van der Waals surface area contributed by atoms with Gasteiger partial charge in [0.15, 0.2) is 0 Å². The van der Waals surface area contributed by atoms with Crippen molar-refractivity contribution < 1.29 is 38.2 Å². The highest BCUT2D eigenvalue weighted by atomic mass is 16.6. The highest BCUT2D eigenvalue weighted by Gasteiger charge is 2.32. The molecule has 3 amide bonds. The van der Waals surface area contributed by atoms with Crippen LogP contribution in [-0.4, -0.2) is 79.4 Å². The van der Waals surface area contributed by atoms with Crippen LogP contribution in [0.25, 0.3) is 11.1 Å². The number of benzene rings is 2. The van der Waals surface area contributed by atoms with Crippen molar-refractivity contribution in [2.24, 2.45) is 0 Å². The SMILES string of the molecule is CCCCCCCCCCCCNCCCCCCNC(=O)C(CCC(=O)OC(C)(C)C)NC(=O)C(CCC(=O)OC(C)(C)C)NC(=O)OCC1c2ccccc2-c2ccccc21. The zero-order valence-corrected chi connectivity index (χ0v) is 39.7. The normalized spacial score (nSPS) is 13.3. The molecule has 12 heteroatoms. The van der Waals surface area contributed by atoms with E-state index in [0.717, 1.165) is 61.0 Å². The van der Waals surface area contributed by atoms with Crippen molar-refractivity contribution in [2.45, 2.75) is 193 Å². The van der Waals surface area contributed by atoms with Gasteiger partial charge in [-0.1, -0.05) is 126 Å².